The molecule has 2 atom stereocenters. The molecule has 1 aromatic carbocycles. The van der Waals surface area contributed by atoms with Crippen LogP contribution in [0.2, 0.25) is 0 Å². The van der Waals surface area contributed by atoms with Gasteiger partial charge in [-0.25, -0.2) is 4.79 Å². The predicted molar refractivity (Wildman–Crippen MR) is 65.9 cm³/mol. The molecule has 1 aliphatic heterocycles. The van der Waals surface area contributed by atoms with E-state index < -0.39 is 12.0 Å². The van der Waals surface area contributed by atoms with Gasteiger partial charge in [0, 0.05) is 6.54 Å². The third-order valence-electron chi connectivity index (χ3n) is 3.10. The van der Waals surface area contributed by atoms with Crippen molar-refractivity contribution in [1.29, 1.82) is 0 Å². The first-order valence-corrected chi connectivity index (χ1v) is 5.97. The van der Waals surface area contributed by atoms with Crippen LogP contribution in [0.1, 0.15) is 18.0 Å². The number of carboxylic acids is 1. The lowest BCUT2D eigenvalue weighted by molar-refractivity contribution is -0.142. The highest BCUT2D eigenvalue weighted by Gasteiger charge is 2.28. The van der Waals surface area contributed by atoms with E-state index in [-0.39, 0.29) is 11.8 Å². The maximum Gasteiger partial charge on any atom is 0.330 e. The minimum atomic E-state index is -1.04. The van der Waals surface area contributed by atoms with Crippen molar-refractivity contribution < 1.29 is 14.7 Å². The molecule has 1 aromatic rings. The summed E-state index contributed by atoms with van der Waals surface area (Å²) in [7, 11) is 0. The Morgan fingerprint density at radius 1 is 1.33 bits per heavy atom. The van der Waals surface area contributed by atoms with Crippen LogP contribution in [0.15, 0.2) is 30.3 Å². The number of carbonyl (C=O) groups excluding carboxylic acids is 1. The fourth-order valence-electron chi connectivity index (χ4n) is 2.07. The largest absolute Gasteiger partial charge is 0.479 e. The molecule has 0 saturated carbocycles. The Labute approximate surface area is 105 Å². The summed E-state index contributed by atoms with van der Waals surface area (Å²) in [6.07, 6.45) is 0.757. The summed E-state index contributed by atoms with van der Waals surface area (Å²) in [6.45, 7) is 1.42. The van der Waals surface area contributed by atoms with Crippen molar-refractivity contribution in [1.82, 2.24) is 10.6 Å². The molecule has 0 bridgehead atoms. The van der Waals surface area contributed by atoms with Crippen LogP contribution in [0.5, 0.6) is 0 Å². The molecule has 0 aromatic heterocycles. The number of carbonyl (C=O) groups is 2. The lowest BCUT2D eigenvalue weighted by atomic mass is 10.0. The second-order valence-corrected chi connectivity index (χ2v) is 4.38. The molecular weight excluding hydrogens is 232 g/mol. The lowest BCUT2D eigenvalue weighted by Crippen LogP contribution is -2.38. The van der Waals surface area contributed by atoms with Gasteiger partial charge in [-0.15, -0.1) is 0 Å². The summed E-state index contributed by atoms with van der Waals surface area (Å²) < 4.78 is 0. The molecule has 0 radical (unpaired) electrons. The lowest BCUT2D eigenvalue weighted by Gasteiger charge is -2.17. The third kappa shape index (κ3) is 2.87. The first kappa shape index (κ1) is 12.6. The standard InChI is InChI=1S/C13H16N2O3/c16-12(10-6-7-14-8-10)15-11(13(17)18)9-4-2-1-3-5-9/h1-5,10-11,14H,6-8H2,(H,15,16)(H,17,18)/t10?,11-/m1/s1. The van der Waals surface area contributed by atoms with Crippen molar-refractivity contribution in [2.24, 2.45) is 5.92 Å². The van der Waals surface area contributed by atoms with Crippen molar-refractivity contribution >= 4 is 11.9 Å². The Kier molecular flexibility index (Phi) is 3.94. The first-order chi connectivity index (χ1) is 8.68. The maximum absolute atomic E-state index is 11.9. The number of hydrogen-bond donors (Lipinski definition) is 3. The summed E-state index contributed by atoms with van der Waals surface area (Å²) in [5.74, 6) is -1.37. The summed E-state index contributed by atoms with van der Waals surface area (Å²) in [4.78, 5) is 23.1. The summed E-state index contributed by atoms with van der Waals surface area (Å²) in [5.41, 5.74) is 0.587. The van der Waals surface area contributed by atoms with Crippen molar-refractivity contribution in [3.63, 3.8) is 0 Å². The number of rotatable bonds is 4. The zero-order valence-electron chi connectivity index (χ0n) is 9.93. The zero-order chi connectivity index (χ0) is 13.0. The minimum absolute atomic E-state index is 0.129. The van der Waals surface area contributed by atoms with Gasteiger partial charge in [0.05, 0.1) is 5.92 Å². The fraction of sp³-hybridized carbons (Fsp3) is 0.385. The molecule has 0 spiro atoms. The molecular formula is C13H16N2O3. The molecule has 5 nitrogen and oxygen atoms in total. The molecule has 1 aliphatic rings. The van der Waals surface area contributed by atoms with E-state index >= 15 is 0 Å². The topological polar surface area (TPSA) is 78.4 Å². The van der Waals surface area contributed by atoms with E-state index in [0.29, 0.717) is 12.1 Å². The van der Waals surface area contributed by atoms with Crippen LogP contribution in [0.4, 0.5) is 0 Å². The van der Waals surface area contributed by atoms with Crippen LogP contribution in [0.25, 0.3) is 0 Å². The monoisotopic (exact) mass is 248 g/mol. The zero-order valence-corrected chi connectivity index (χ0v) is 9.93. The number of aliphatic carboxylic acids is 1. The minimum Gasteiger partial charge on any atom is -0.479 e. The van der Waals surface area contributed by atoms with Gasteiger partial charge >= 0.3 is 5.97 Å². The Balaban J connectivity index is 2.07. The second kappa shape index (κ2) is 5.64. The van der Waals surface area contributed by atoms with Crippen LogP contribution in [-0.2, 0) is 9.59 Å². The first-order valence-electron chi connectivity index (χ1n) is 5.97. The number of carboxylic acid groups (broad SMARTS) is 1. The molecule has 0 aliphatic carbocycles. The Bertz CT molecular complexity index is 427. The van der Waals surface area contributed by atoms with Crippen LogP contribution in [-0.4, -0.2) is 30.1 Å². The van der Waals surface area contributed by atoms with Gasteiger partial charge in [0.15, 0.2) is 6.04 Å². The van der Waals surface area contributed by atoms with E-state index in [1.54, 1.807) is 24.3 Å². The van der Waals surface area contributed by atoms with Gasteiger partial charge in [-0.05, 0) is 18.5 Å². The van der Waals surface area contributed by atoms with Crippen molar-refractivity contribution in [2.45, 2.75) is 12.5 Å². The second-order valence-electron chi connectivity index (χ2n) is 4.38. The Hall–Kier alpha value is -1.88. The summed E-state index contributed by atoms with van der Waals surface area (Å²) in [5, 5.41) is 14.9. The van der Waals surface area contributed by atoms with Crippen LogP contribution in [0.3, 0.4) is 0 Å². The van der Waals surface area contributed by atoms with Crippen LogP contribution in [0, 0.1) is 5.92 Å². The van der Waals surface area contributed by atoms with E-state index in [0.717, 1.165) is 13.0 Å². The average Bonchev–Trinajstić information content (AvgIpc) is 2.90. The van der Waals surface area contributed by atoms with E-state index in [1.807, 2.05) is 6.07 Å². The quantitative estimate of drug-likeness (QED) is 0.726. The highest BCUT2D eigenvalue weighted by atomic mass is 16.4. The van der Waals surface area contributed by atoms with Crippen molar-refractivity contribution in [3.8, 4) is 0 Å². The Morgan fingerprint density at radius 2 is 2.06 bits per heavy atom. The predicted octanol–water partition coefficient (Wildman–Crippen LogP) is 0.538. The van der Waals surface area contributed by atoms with E-state index in [2.05, 4.69) is 10.6 Å². The molecule has 18 heavy (non-hydrogen) atoms. The van der Waals surface area contributed by atoms with Gasteiger partial charge < -0.3 is 15.7 Å². The SMILES string of the molecule is O=C(N[C@@H](C(=O)O)c1ccccc1)C1CCNC1. The fourth-order valence-corrected chi connectivity index (χ4v) is 2.07. The van der Waals surface area contributed by atoms with Gasteiger partial charge in [-0.2, -0.15) is 0 Å². The maximum atomic E-state index is 11.9. The number of hydrogen-bond acceptors (Lipinski definition) is 3. The molecule has 1 unspecified atom stereocenters. The Morgan fingerprint density at radius 3 is 2.61 bits per heavy atom. The van der Waals surface area contributed by atoms with Gasteiger partial charge in [0.1, 0.15) is 0 Å². The normalized spacial score (nSPS) is 20.3. The van der Waals surface area contributed by atoms with Crippen molar-refractivity contribution in [2.75, 3.05) is 13.1 Å². The third-order valence-corrected chi connectivity index (χ3v) is 3.10. The molecule has 1 amide bonds. The van der Waals surface area contributed by atoms with E-state index in [4.69, 9.17) is 0 Å². The highest BCUT2D eigenvalue weighted by molar-refractivity contribution is 5.86. The molecule has 1 saturated heterocycles. The average molecular weight is 248 g/mol. The molecule has 3 N–H and O–H groups in total. The van der Waals surface area contributed by atoms with Gasteiger partial charge in [0.25, 0.3) is 0 Å². The molecule has 1 fully saturated rings. The van der Waals surface area contributed by atoms with Crippen molar-refractivity contribution in [3.05, 3.63) is 35.9 Å². The van der Waals surface area contributed by atoms with Gasteiger partial charge in [0.2, 0.25) is 5.91 Å². The number of benzene rings is 1. The van der Waals surface area contributed by atoms with Gasteiger partial charge in [-0.1, -0.05) is 30.3 Å². The highest BCUT2D eigenvalue weighted by Crippen LogP contribution is 2.15. The summed E-state index contributed by atoms with van der Waals surface area (Å²) >= 11 is 0. The molecule has 1 heterocycles. The summed E-state index contributed by atoms with van der Waals surface area (Å²) in [6, 6.07) is 7.76. The van der Waals surface area contributed by atoms with E-state index in [1.165, 1.54) is 0 Å². The molecule has 2 rings (SSSR count). The van der Waals surface area contributed by atoms with Crippen LogP contribution >= 0.6 is 0 Å². The smallest absolute Gasteiger partial charge is 0.330 e. The van der Waals surface area contributed by atoms with Crippen LogP contribution < -0.4 is 10.6 Å². The molecule has 5 heteroatoms. The number of nitrogens with one attached hydrogen (secondary N) is 2. The molecule has 96 valence electrons. The van der Waals surface area contributed by atoms with Gasteiger partial charge in [-0.3, -0.25) is 4.79 Å². The number of amides is 1. The van der Waals surface area contributed by atoms with E-state index in [9.17, 15) is 14.7 Å².